The molecule has 0 aliphatic carbocycles. The van der Waals surface area contributed by atoms with Gasteiger partial charge in [0.15, 0.2) is 16.9 Å². The Balaban J connectivity index is 1.67. The second-order valence-corrected chi connectivity index (χ2v) is 7.17. The molecule has 142 valence electrons. The van der Waals surface area contributed by atoms with Crippen LogP contribution >= 0.6 is 0 Å². The fourth-order valence-corrected chi connectivity index (χ4v) is 3.62. The van der Waals surface area contributed by atoms with Gasteiger partial charge in [-0.2, -0.15) is 0 Å². The monoisotopic (exact) mass is 384 g/mol. The van der Waals surface area contributed by atoms with Crippen LogP contribution in [-0.4, -0.2) is 19.6 Å². The van der Waals surface area contributed by atoms with E-state index in [1.54, 1.807) is 17.5 Å². The molecule has 0 saturated heterocycles. The minimum absolute atomic E-state index is 0.0378. The summed E-state index contributed by atoms with van der Waals surface area (Å²) in [6, 6.07) is 16.0. The first-order valence-electron chi connectivity index (χ1n) is 9.25. The summed E-state index contributed by atoms with van der Waals surface area (Å²) in [4.78, 5) is 20.6. The molecule has 0 unspecified atom stereocenters. The Morgan fingerprint density at radius 3 is 2.66 bits per heavy atom. The quantitative estimate of drug-likeness (QED) is 0.481. The van der Waals surface area contributed by atoms with Crippen LogP contribution in [0.15, 0.2) is 65.6 Å². The number of rotatable bonds is 2. The van der Waals surface area contributed by atoms with E-state index >= 15 is 0 Å². The van der Waals surface area contributed by atoms with Gasteiger partial charge in [-0.1, -0.05) is 18.2 Å². The van der Waals surface area contributed by atoms with Gasteiger partial charge in [-0.05, 0) is 61.4 Å². The highest BCUT2D eigenvalue weighted by Crippen LogP contribution is 2.24. The average Bonchev–Trinajstić information content (AvgIpc) is 3.13. The highest BCUT2D eigenvalue weighted by molar-refractivity contribution is 5.82. The van der Waals surface area contributed by atoms with Crippen LogP contribution < -0.4 is 5.43 Å². The smallest absolute Gasteiger partial charge is 0.198 e. The lowest BCUT2D eigenvalue weighted by Crippen LogP contribution is -2.09. The Labute approximate surface area is 165 Å². The maximum absolute atomic E-state index is 13.8. The lowest BCUT2D eigenvalue weighted by Gasteiger charge is -2.05. The first-order valence-corrected chi connectivity index (χ1v) is 9.25. The number of aromatic amines is 1. The number of para-hydroxylation sites is 1. The molecule has 5 nitrogen and oxygen atoms in total. The van der Waals surface area contributed by atoms with Crippen LogP contribution in [0, 0.1) is 19.7 Å². The van der Waals surface area contributed by atoms with Crippen molar-refractivity contribution < 1.29 is 4.39 Å². The first-order chi connectivity index (χ1) is 14.0. The molecule has 0 aliphatic heterocycles. The fourth-order valence-electron chi connectivity index (χ4n) is 3.62. The van der Waals surface area contributed by atoms with Gasteiger partial charge in [-0.15, -0.1) is 5.10 Å². The van der Waals surface area contributed by atoms with Crippen molar-refractivity contribution in [1.82, 2.24) is 19.6 Å². The van der Waals surface area contributed by atoms with Gasteiger partial charge >= 0.3 is 0 Å². The van der Waals surface area contributed by atoms with Crippen LogP contribution in [-0.2, 0) is 0 Å². The largest absolute Gasteiger partial charge is 0.351 e. The number of hydrogen-bond donors (Lipinski definition) is 1. The number of nitrogens with one attached hydrogen (secondary N) is 1. The molecule has 2 aromatic carbocycles. The summed E-state index contributed by atoms with van der Waals surface area (Å²) in [5.74, 6) is 0.168. The van der Waals surface area contributed by atoms with Gasteiger partial charge in [0, 0.05) is 28.2 Å². The normalized spacial score (nSPS) is 11.4. The van der Waals surface area contributed by atoms with Gasteiger partial charge in [-0.3, -0.25) is 4.79 Å². The van der Waals surface area contributed by atoms with Crippen molar-refractivity contribution in [2.45, 2.75) is 13.8 Å². The number of aryl methyl sites for hydroxylation is 1. The molecule has 3 aromatic heterocycles. The molecule has 0 radical (unpaired) electrons. The predicted molar refractivity (Wildman–Crippen MR) is 111 cm³/mol. The third-order valence-corrected chi connectivity index (χ3v) is 5.08. The van der Waals surface area contributed by atoms with E-state index in [2.05, 4.69) is 15.1 Å². The third-order valence-electron chi connectivity index (χ3n) is 5.08. The number of halogens is 1. The Morgan fingerprint density at radius 1 is 1.00 bits per heavy atom. The molecule has 0 saturated carbocycles. The second kappa shape index (κ2) is 6.38. The van der Waals surface area contributed by atoms with E-state index in [0.29, 0.717) is 28.1 Å². The van der Waals surface area contributed by atoms with Crippen LogP contribution in [0.25, 0.3) is 39.2 Å². The topological polar surface area (TPSA) is 63.0 Å². The zero-order valence-electron chi connectivity index (χ0n) is 15.9. The molecule has 3 heterocycles. The lowest BCUT2D eigenvalue weighted by atomic mass is 10.1. The Morgan fingerprint density at radius 2 is 1.83 bits per heavy atom. The molecule has 0 atom stereocenters. The maximum atomic E-state index is 13.8. The first kappa shape index (κ1) is 17.3. The van der Waals surface area contributed by atoms with Crippen molar-refractivity contribution in [1.29, 1.82) is 0 Å². The molecule has 5 aromatic rings. The maximum Gasteiger partial charge on any atom is 0.198 e. The minimum atomic E-state index is -0.274. The van der Waals surface area contributed by atoms with Crippen LogP contribution in [0.1, 0.15) is 11.1 Å². The molecule has 0 amide bonds. The summed E-state index contributed by atoms with van der Waals surface area (Å²) >= 11 is 0. The number of aromatic nitrogens is 4. The predicted octanol–water partition coefficient (Wildman–Crippen LogP) is 4.66. The Hall–Kier alpha value is -3.80. The minimum Gasteiger partial charge on any atom is -0.351 e. The summed E-state index contributed by atoms with van der Waals surface area (Å²) in [7, 11) is 0. The van der Waals surface area contributed by atoms with Crippen LogP contribution in [0.5, 0.6) is 0 Å². The van der Waals surface area contributed by atoms with E-state index in [-0.39, 0.29) is 11.2 Å². The highest BCUT2D eigenvalue weighted by Gasteiger charge is 2.15. The number of benzene rings is 2. The molecular formula is C23H17FN4O. The lowest BCUT2D eigenvalue weighted by molar-refractivity contribution is 0.627. The van der Waals surface area contributed by atoms with E-state index < -0.39 is 0 Å². The summed E-state index contributed by atoms with van der Waals surface area (Å²) in [6.45, 7) is 3.63. The summed E-state index contributed by atoms with van der Waals surface area (Å²) in [6.07, 6.45) is 1.81. The van der Waals surface area contributed by atoms with Crippen molar-refractivity contribution in [2.24, 2.45) is 0 Å². The molecule has 1 N–H and O–H groups in total. The van der Waals surface area contributed by atoms with Gasteiger partial charge in [0.1, 0.15) is 5.82 Å². The summed E-state index contributed by atoms with van der Waals surface area (Å²) in [5.41, 5.74) is 4.98. The van der Waals surface area contributed by atoms with E-state index in [9.17, 15) is 9.18 Å². The molecular weight excluding hydrogens is 367 g/mol. The van der Waals surface area contributed by atoms with Gasteiger partial charge in [0.05, 0.1) is 5.69 Å². The molecule has 5 rings (SSSR count). The fraction of sp³-hybridized carbons (Fsp3) is 0.0870. The number of fused-ring (bicyclic) bond motifs is 2. The van der Waals surface area contributed by atoms with Crippen molar-refractivity contribution in [3.63, 3.8) is 0 Å². The van der Waals surface area contributed by atoms with Crippen molar-refractivity contribution in [3.05, 3.63) is 88.0 Å². The Bertz CT molecular complexity index is 1450. The number of H-pyrrole nitrogens is 1. The average molecular weight is 384 g/mol. The van der Waals surface area contributed by atoms with Gasteiger partial charge in [0.25, 0.3) is 0 Å². The number of hydrogen-bond acceptors (Lipinski definition) is 3. The van der Waals surface area contributed by atoms with Gasteiger partial charge < -0.3 is 4.98 Å². The Kier molecular flexibility index (Phi) is 3.81. The third kappa shape index (κ3) is 2.89. The standard InChI is InChI=1S/C23H17FN4O/c1-13-9-16(11-17(24)10-13)15-7-8-20-26-23(27-28(20)12-15)21-14(2)22(29)18-5-3-4-6-19(18)25-21/h3-12H,1-2H3,(H,25,29). The van der Waals surface area contributed by atoms with E-state index in [1.807, 2.05) is 49.5 Å². The SMILES string of the molecule is Cc1cc(F)cc(-c2ccc3nc(-c4[nH]c5ccccc5c(=O)c4C)nn3c2)c1. The van der Waals surface area contributed by atoms with E-state index in [0.717, 1.165) is 22.2 Å². The van der Waals surface area contributed by atoms with E-state index in [1.165, 1.54) is 12.1 Å². The zero-order chi connectivity index (χ0) is 20.1. The van der Waals surface area contributed by atoms with Gasteiger partial charge in [0.2, 0.25) is 0 Å². The van der Waals surface area contributed by atoms with Crippen molar-refractivity contribution in [3.8, 4) is 22.6 Å². The molecule has 0 bridgehead atoms. The molecule has 0 aliphatic rings. The number of pyridine rings is 2. The highest BCUT2D eigenvalue weighted by atomic mass is 19.1. The number of nitrogens with zero attached hydrogens (tertiary/aromatic N) is 3. The van der Waals surface area contributed by atoms with Crippen LogP contribution in [0.3, 0.4) is 0 Å². The van der Waals surface area contributed by atoms with Crippen LogP contribution in [0.2, 0.25) is 0 Å². The molecule has 0 fully saturated rings. The summed E-state index contributed by atoms with van der Waals surface area (Å²) < 4.78 is 15.4. The summed E-state index contributed by atoms with van der Waals surface area (Å²) in [5, 5.41) is 5.20. The molecule has 6 heteroatoms. The van der Waals surface area contributed by atoms with Crippen LogP contribution in [0.4, 0.5) is 4.39 Å². The van der Waals surface area contributed by atoms with Crippen molar-refractivity contribution >= 4 is 16.6 Å². The van der Waals surface area contributed by atoms with E-state index in [4.69, 9.17) is 0 Å². The second-order valence-electron chi connectivity index (χ2n) is 7.17. The molecule has 29 heavy (non-hydrogen) atoms. The van der Waals surface area contributed by atoms with Gasteiger partial charge in [-0.25, -0.2) is 13.9 Å². The molecule has 0 spiro atoms. The zero-order valence-corrected chi connectivity index (χ0v) is 15.9. The van der Waals surface area contributed by atoms with Crippen molar-refractivity contribution in [2.75, 3.05) is 0 Å².